The third kappa shape index (κ3) is 14.3. The van der Waals surface area contributed by atoms with E-state index in [4.69, 9.17) is 4.74 Å². The van der Waals surface area contributed by atoms with Gasteiger partial charge in [-0.25, -0.2) is 0 Å². The highest BCUT2D eigenvalue weighted by Gasteiger charge is 2.50. The van der Waals surface area contributed by atoms with Crippen LogP contribution in [0, 0.1) is 0 Å². The van der Waals surface area contributed by atoms with Crippen molar-refractivity contribution >= 4 is 5.91 Å². The van der Waals surface area contributed by atoms with Crippen molar-refractivity contribution < 1.29 is 30.0 Å². The number of carbonyl (C=O) groups is 1. The van der Waals surface area contributed by atoms with Crippen molar-refractivity contribution in [3.63, 3.8) is 0 Å². The summed E-state index contributed by atoms with van der Waals surface area (Å²) in [5, 5.41) is 41.2. The summed E-state index contributed by atoms with van der Waals surface area (Å²) in [6.07, 6.45) is 16.6. The summed E-state index contributed by atoms with van der Waals surface area (Å²) in [6, 6.07) is 10.2. The lowest BCUT2D eigenvalue weighted by atomic mass is 9.93. The largest absolute Gasteiger partial charge is 0.388 e. The first-order valence-corrected chi connectivity index (χ1v) is 17.0. The van der Waals surface area contributed by atoms with Crippen molar-refractivity contribution in [3.8, 4) is 0 Å². The lowest BCUT2D eigenvalue weighted by Crippen LogP contribution is -2.65. The van der Waals surface area contributed by atoms with Gasteiger partial charge >= 0.3 is 0 Å². The second-order valence-electron chi connectivity index (χ2n) is 12.6. The number of benzene rings is 1. The zero-order chi connectivity index (χ0) is 30.6. The number of amides is 1. The van der Waals surface area contributed by atoms with E-state index in [1.165, 1.54) is 89.5 Å². The molecule has 1 heterocycles. The normalized spacial score (nSPS) is 24.1. The molecule has 0 spiro atoms. The van der Waals surface area contributed by atoms with Crippen LogP contribution in [-0.2, 0) is 16.0 Å². The molecule has 2 rings (SSSR count). The Bertz CT molecular complexity index is 819. The molecular weight excluding hydrogens is 530 g/mol. The smallest absolute Gasteiger partial charge is 0.222 e. The molecule has 1 saturated heterocycles. The number of hydrogen-bond acceptors (Lipinski definition) is 6. The first-order chi connectivity index (χ1) is 20.3. The van der Waals surface area contributed by atoms with Crippen LogP contribution < -0.4 is 0 Å². The van der Waals surface area contributed by atoms with Crippen LogP contribution in [0.25, 0.3) is 0 Å². The van der Waals surface area contributed by atoms with Gasteiger partial charge in [-0.2, -0.15) is 0 Å². The SMILES string of the molecule is CCCCCCCCCCCCCCCCCC(=O)N(CCCCc1ccccc1)C[C@H]1O[C@@](C)(O)[C@H](O)[C@@H](O)[C@H]1O. The topological polar surface area (TPSA) is 110 Å². The molecule has 5 atom stereocenters. The molecule has 1 amide bonds. The summed E-state index contributed by atoms with van der Waals surface area (Å²) >= 11 is 0. The molecule has 1 aromatic carbocycles. The molecule has 0 saturated carbocycles. The summed E-state index contributed by atoms with van der Waals surface area (Å²) in [5.74, 6) is -2.00. The minimum absolute atomic E-state index is 0.000426. The van der Waals surface area contributed by atoms with Gasteiger partial charge in [-0.1, -0.05) is 127 Å². The molecular formula is C35H61NO6. The van der Waals surface area contributed by atoms with E-state index in [0.29, 0.717) is 13.0 Å². The summed E-state index contributed by atoms with van der Waals surface area (Å²) in [5.41, 5.74) is 1.26. The maximum atomic E-state index is 13.2. The number of carbonyl (C=O) groups excluding carboxylic acids is 1. The molecule has 0 unspecified atom stereocenters. The van der Waals surface area contributed by atoms with Crippen molar-refractivity contribution in [2.45, 2.75) is 166 Å². The van der Waals surface area contributed by atoms with E-state index in [2.05, 4.69) is 19.1 Å². The van der Waals surface area contributed by atoms with Crippen LogP contribution in [0.4, 0.5) is 0 Å². The predicted octanol–water partition coefficient (Wildman–Crippen LogP) is 6.29. The Labute approximate surface area is 255 Å². The average molecular weight is 592 g/mol. The number of hydrogen-bond donors (Lipinski definition) is 4. The molecule has 0 aromatic heterocycles. The Hall–Kier alpha value is -1.51. The summed E-state index contributed by atoms with van der Waals surface area (Å²) < 4.78 is 5.56. The van der Waals surface area contributed by atoms with E-state index in [1.807, 2.05) is 18.2 Å². The second-order valence-corrected chi connectivity index (χ2v) is 12.6. The van der Waals surface area contributed by atoms with Crippen LogP contribution in [-0.4, -0.2) is 74.5 Å². The van der Waals surface area contributed by atoms with Crippen LogP contribution in [0.5, 0.6) is 0 Å². The minimum atomic E-state index is -2.00. The zero-order valence-electron chi connectivity index (χ0n) is 26.6. The fourth-order valence-corrected chi connectivity index (χ4v) is 5.93. The molecule has 1 aromatic rings. The van der Waals surface area contributed by atoms with E-state index in [0.717, 1.165) is 38.5 Å². The molecule has 7 heteroatoms. The van der Waals surface area contributed by atoms with Gasteiger partial charge in [-0.05, 0) is 38.2 Å². The first kappa shape index (κ1) is 36.7. The van der Waals surface area contributed by atoms with E-state index < -0.39 is 30.2 Å². The Kier molecular flexibility index (Phi) is 18.5. The Morgan fingerprint density at radius 2 is 1.29 bits per heavy atom. The number of unbranched alkanes of at least 4 members (excludes halogenated alkanes) is 15. The lowest BCUT2D eigenvalue weighted by molar-refractivity contribution is -0.338. The molecule has 1 aliphatic rings. The number of rotatable bonds is 23. The highest BCUT2D eigenvalue weighted by atomic mass is 16.7. The monoisotopic (exact) mass is 591 g/mol. The van der Waals surface area contributed by atoms with E-state index in [9.17, 15) is 25.2 Å². The van der Waals surface area contributed by atoms with Crippen LogP contribution >= 0.6 is 0 Å². The number of aliphatic hydroxyl groups excluding tert-OH is 3. The van der Waals surface area contributed by atoms with Crippen molar-refractivity contribution in [1.82, 2.24) is 4.90 Å². The first-order valence-electron chi connectivity index (χ1n) is 17.0. The van der Waals surface area contributed by atoms with Crippen LogP contribution in [0.1, 0.15) is 135 Å². The van der Waals surface area contributed by atoms with Gasteiger partial charge in [0.15, 0.2) is 5.79 Å². The number of aliphatic hydroxyl groups is 4. The number of nitrogens with zero attached hydrogens (tertiary/aromatic N) is 1. The van der Waals surface area contributed by atoms with Gasteiger partial charge in [0.2, 0.25) is 5.91 Å². The van der Waals surface area contributed by atoms with E-state index >= 15 is 0 Å². The van der Waals surface area contributed by atoms with Gasteiger partial charge in [0.25, 0.3) is 0 Å². The van der Waals surface area contributed by atoms with Crippen molar-refractivity contribution in [2.24, 2.45) is 0 Å². The highest BCUT2D eigenvalue weighted by molar-refractivity contribution is 5.76. The average Bonchev–Trinajstić information content (AvgIpc) is 2.98. The fourth-order valence-electron chi connectivity index (χ4n) is 5.93. The van der Waals surface area contributed by atoms with Gasteiger partial charge in [0, 0.05) is 19.5 Å². The van der Waals surface area contributed by atoms with Gasteiger partial charge in [0.1, 0.15) is 24.4 Å². The molecule has 4 N–H and O–H groups in total. The summed E-state index contributed by atoms with van der Waals surface area (Å²) in [7, 11) is 0. The number of aryl methyl sites for hydroxylation is 1. The van der Waals surface area contributed by atoms with E-state index in [-0.39, 0.29) is 12.5 Å². The Morgan fingerprint density at radius 1 is 0.762 bits per heavy atom. The minimum Gasteiger partial charge on any atom is -0.388 e. The third-order valence-electron chi connectivity index (χ3n) is 8.73. The molecule has 42 heavy (non-hydrogen) atoms. The van der Waals surface area contributed by atoms with Gasteiger partial charge in [-0.3, -0.25) is 4.79 Å². The highest BCUT2D eigenvalue weighted by Crippen LogP contribution is 2.28. The molecule has 1 fully saturated rings. The molecule has 1 aliphatic heterocycles. The fraction of sp³-hybridized carbons (Fsp3) is 0.800. The van der Waals surface area contributed by atoms with Crippen LogP contribution in [0.3, 0.4) is 0 Å². The molecule has 0 aliphatic carbocycles. The van der Waals surface area contributed by atoms with Crippen molar-refractivity contribution in [3.05, 3.63) is 35.9 Å². The van der Waals surface area contributed by atoms with Crippen LogP contribution in [0.15, 0.2) is 30.3 Å². The third-order valence-corrected chi connectivity index (χ3v) is 8.73. The summed E-state index contributed by atoms with van der Waals surface area (Å²) in [6.45, 7) is 4.10. The van der Waals surface area contributed by atoms with Gasteiger partial charge in [0.05, 0.1) is 0 Å². The summed E-state index contributed by atoms with van der Waals surface area (Å²) in [4.78, 5) is 14.9. The quantitative estimate of drug-likeness (QED) is 0.111. The Morgan fingerprint density at radius 3 is 1.83 bits per heavy atom. The second kappa shape index (κ2) is 21.2. The lowest BCUT2D eigenvalue weighted by Gasteiger charge is -2.45. The van der Waals surface area contributed by atoms with Gasteiger partial charge in [-0.15, -0.1) is 0 Å². The molecule has 0 radical (unpaired) electrons. The Balaban J connectivity index is 1.68. The van der Waals surface area contributed by atoms with Crippen molar-refractivity contribution in [1.29, 1.82) is 0 Å². The molecule has 242 valence electrons. The number of ether oxygens (including phenoxy) is 1. The van der Waals surface area contributed by atoms with E-state index in [1.54, 1.807) is 4.90 Å². The zero-order valence-corrected chi connectivity index (χ0v) is 26.6. The van der Waals surface area contributed by atoms with Gasteiger partial charge < -0.3 is 30.1 Å². The predicted molar refractivity (Wildman–Crippen MR) is 169 cm³/mol. The van der Waals surface area contributed by atoms with Crippen molar-refractivity contribution in [2.75, 3.05) is 13.1 Å². The molecule has 0 bridgehead atoms. The maximum absolute atomic E-state index is 13.2. The standard InChI is InChI=1S/C35H61NO6/c1-3-4-5-6-7-8-9-10-11-12-13-14-15-16-20-26-31(37)36(27-22-21-25-29-23-18-17-19-24-29)28-30-32(38)33(39)34(40)35(2,41)42-30/h17-19,23-24,30,32-34,38-41H,3-16,20-22,25-28H2,1-2H3/t30-,32+,33+,34-,35-/m1/s1. The maximum Gasteiger partial charge on any atom is 0.222 e. The molecule has 7 nitrogen and oxygen atoms in total. The van der Waals surface area contributed by atoms with Crippen LogP contribution in [0.2, 0.25) is 0 Å².